The molecule has 0 aliphatic heterocycles. The number of anilines is 1. The zero-order chi connectivity index (χ0) is 12.3. The molecular formula is C9H14N4O3. The molecule has 0 atom stereocenters. The van der Waals surface area contributed by atoms with Gasteiger partial charge < -0.3 is 5.73 Å². The van der Waals surface area contributed by atoms with E-state index in [1.54, 1.807) is 6.92 Å². The molecule has 16 heavy (non-hydrogen) atoms. The van der Waals surface area contributed by atoms with Crippen molar-refractivity contribution in [3.05, 3.63) is 25.7 Å². The first-order chi connectivity index (χ1) is 7.58. The number of nitrogens with zero attached hydrogens (tertiary/aromatic N) is 3. The van der Waals surface area contributed by atoms with E-state index in [4.69, 9.17) is 5.73 Å². The summed E-state index contributed by atoms with van der Waals surface area (Å²) in [6, 6.07) is 0. The van der Waals surface area contributed by atoms with Crippen LogP contribution < -0.4 is 17.0 Å². The van der Waals surface area contributed by atoms with E-state index in [0.29, 0.717) is 13.0 Å². The molecule has 0 aliphatic rings. The molecule has 1 heterocycles. The highest BCUT2D eigenvalue weighted by Gasteiger charge is 2.16. The minimum absolute atomic E-state index is 0.156. The van der Waals surface area contributed by atoms with Crippen LogP contribution >= 0.6 is 0 Å². The smallest absolute Gasteiger partial charge is 0.332 e. The van der Waals surface area contributed by atoms with Gasteiger partial charge in [0.05, 0.1) is 0 Å². The predicted molar refractivity (Wildman–Crippen MR) is 60.8 cm³/mol. The van der Waals surface area contributed by atoms with Gasteiger partial charge in [0.15, 0.2) is 0 Å². The van der Waals surface area contributed by atoms with Gasteiger partial charge in [0, 0.05) is 13.1 Å². The molecule has 0 saturated heterocycles. The summed E-state index contributed by atoms with van der Waals surface area (Å²) in [7, 11) is 0. The van der Waals surface area contributed by atoms with Crippen molar-refractivity contribution in [2.45, 2.75) is 33.4 Å². The molecule has 0 aromatic carbocycles. The summed E-state index contributed by atoms with van der Waals surface area (Å²) in [6.07, 6.45) is 0.671. The van der Waals surface area contributed by atoms with Crippen molar-refractivity contribution in [1.29, 1.82) is 0 Å². The second kappa shape index (κ2) is 4.73. The van der Waals surface area contributed by atoms with E-state index in [9.17, 15) is 14.5 Å². The number of hydrogen-bond donors (Lipinski definition) is 1. The van der Waals surface area contributed by atoms with Crippen LogP contribution in [0.3, 0.4) is 0 Å². The second-order valence-electron chi connectivity index (χ2n) is 3.31. The van der Waals surface area contributed by atoms with Crippen LogP contribution in [0, 0.1) is 4.91 Å². The Morgan fingerprint density at radius 1 is 1.25 bits per heavy atom. The summed E-state index contributed by atoms with van der Waals surface area (Å²) in [6.45, 7) is 4.04. The van der Waals surface area contributed by atoms with E-state index in [2.05, 4.69) is 5.18 Å². The second-order valence-corrected chi connectivity index (χ2v) is 3.31. The lowest BCUT2D eigenvalue weighted by Gasteiger charge is -2.11. The van der Waals surface area contributed by atoms with Crippen LogP contribution in [0.15, 0.2) is 14.8 Å². The lowest BCUT2D eigenvalue weighted by Crippen LogP contribution is -2.40. The number of rotatable bonds is 4. The molecular weight excluding hydrogens is 212 g/mol. The number of aromatic nitrogens is 2. The molecule has 0 bridgehead atoms. The zero-order valence-electron chi connectivity index (χ0n) is 9.27. The van der Waals surface area contributed by atoms with Crippen molar-refractivity contribution in [3.8, 4) is 0 Å². The van der Waals surface area contributed by atoms with E-state index in [0.717, 1.165) is 4.57 Å². The first-order valence-electron chi connectivity index (χ1n) is 5.04. The minimum atomic E-state index is -0.729. The number of nitrogen functional groups attached to an aromatic ring is 1. The molecule has 1 rings (SSSR count). The Hall–Kier alpha value is -1.92. The van der Waals surface area contributed by atoms with E-state index in [1.807, 2.05) is 6.92 Å². The maximum atomic E-state index is 11.8. The van der Waals surface area contributed by atoms with Crippen molar-refractivity contribution in [2.75, 3.05) is 5.73 Å². The van der Waals surface area contributed by atoms with Gasteiger partial charge >= 0.3 is 5.69 Å². The van der Waals surface area contributed by atoms with E-state index >= 15 is 0 Å². The maximum absolute atomic E-state index is 11.8. The fraction of sp³-hybridized carbons (Fsp3) is 0.556. The van der Waals surface area contributed by atoms with E-state index in [-0.39, 0.29) is 12.4 Å². The van der Waals surface area contributed by atoms with Crippen LogP contribution in [0.2, 0.25) is 0 Å². The van der Waals surface area contributed by atoms with Gasteiger partial charge in [0.1, 0.15) is 5.82 Å². The van der Waals surface area contributed by atoms with Gasteiger partial charge in [-0.05, 0) is 18.5 Å². The molecule has 88 valence electrons. The number of hydrogen-bond acceptors (Lipinski definition) is 5. The first-order valence-corrected chi connectivity index (χ1v) is 5.04. The highest BCUT2D eigenvalue weighted by molar-refractivity contribution is 5.55. The monoisotopic (exact) mass is 226 g/mol. The standard InChI is InChI=1S/C9H14N4O3/c1-3-5-13-7(10)6(11-16)8(14)12(4-2)9(13)15/h3-5,10H2,1-2H3. The predicted octanol–water partition coefficient (Wildman–Crippen LogP) is 0.420. The van der Waals surface area contributed by atoms with Gasteiger partial charge in [0.2, 0.25) is 5.69 Å². The third kappa shape index (κ3) is 1.75. The van der Waals surface area contributed by atoms with Crippen LogP contribution in [0.5, 0.6) is 0 Å². The fourth-order valence-electron chi connectivity index (χ4n) is 1.51. The summed E-state index contributed by atoms with van der Waals surface area (Å²) in [5.41, 5.74) is 3.94. The average molecular weight is 226 g/mol. The Balaban J connectivity index is 3.70. The Kier molecular flexibility index (Phi) is 3.60. The molecule has 2 N–H and O–H groups in total. The molecule has 1 aromatic rings. The first kappa shape index (κ1) is 12.2. The van der Waals surface area contributed by atoms with Crippen molar-refractivity contribution < 1.29 is 0 Å². The molecule has 0 aliphatic carbocycles. The highest BCUT2D eigenvalue weighted by atomic mass is 16.3. The Bertz CT molecular complexity index is 515. The van der Waals surface area contributed by atoms with Crippen molar-refractivity contribution in [2.24, 2.45) is 5.18 Å². The molecule has 1 aromatic heterocycles. The molecule has 7 nitrogen and oxygen atoms in total. The van der Waals surface area contributed by atoms with Crippen LogP contribution in [0.1, 0.15) is 20.3 Å². The lowest BCUT2D eigenvalue weighted by molar-refractivity contribution is 0.570. The fourth-order valence-corrected chi connectivity index (χ4v) is 1.51. The summed E-state index contributed by atoms with van der Waals surface area (Å²) < 4.78 is 2.14. The van der Waals surface area contributed by atoms with Gasteiger partial charge in [-0.1, -0.05) is 6.92 Å². The van der Waals surface area contributed by atoms with Crippen molar-refractivity contribution in [3.63, 3.8) is 0 Å². The van der Waals surface area contributed by atoms with E-state index in [1.165, 1.54) is 4.57 Å². The maximum Gasteiger partial charge on any atom is 0.332 e. The average Bonchev–Trinajstić information content (AvgIpc) is 2.26. The molecule has 0 saturated carbocycles. The highest BCUT2D eigenvalue weighted by Crippen LogP contribution is 2.13. The van der Waals surface area contributed by atoms with Gasteiger partial charge in [-0.3, -0.25) is 13.9 Å². The topological polar surface area (TPSA) is 99.4 Å². The largest absolute Gasteiger partial charge is 0.383 e. The number of nitrogens with two attached hydrogens (primary N) is 1. The lowest BCUT2D eigenvalue weighted by atomic mass is 10.4. The third-order valence-electron chi connectivity index (χ3n) is 2.30. The summed E-state index contributed by atoms with van der Waals surface area (Å²) in [4.78, 5) is 33.9. The van der Waals surface area contributed by atoms with Crippen LogP contribution in [-0.2, 0) is 13.1 Å². The Morgan fingerprint density at radius 2 is 1.88 bits per heavy atom. The minimum Gasteiger partial charge on any atom is -0.383 e. The van der Waals surface area contributed by atoms with E-state index < -0.39 is 16.9 Å². The van der Waals surface area contributed by atoms with Crippen LogP contribution in [-0.4, -0.2) is 9.13 Å². The van der Waals surface area contributed by atoms with Crippen LogP contribution in [0.4, 0.5) is 11.5 Å². The number of nitroso groups, excluding NO2 is 1. The van der Waals surface area contributed by atoms with Gasteiger partial charge in [-0.25, -0.2) is 4.79 Å². The Morgan fingerprint density at radius 3 is 2.31 bits per heavy atom. The van der Waals surface area contributed by atoms with Crippen LogP contribution in [0.25, 0.3) is 0 Å². The van der Waals surface area contributed by atoms with Gasteiger partial charge in [-0.2, -0.15) is 0 Å². The molecule has 0 unspecified atom stereocenters. The zero-order valence-corrected chi connectivity index (χ0v) is 9.27. The Labute approximate surface area is 91.5 Å². The van der Waals surface area contributed by atoms with Gasteiger partial charge in [0.25, 0.3) is 5.56 Å². The molecule has 7 heteroatoms. The quantitative estimate of drug-likeness (QED) is 0.752. The molecule has 0 amide bonds. The molecule has 0 radical (unpaired) electrons. The summed E-state index contributed by atoms with van der Waals surface area (Å²) >= 11 is 0. The summed E-state index contributed by atoms with van der Waals surface area (Å²) in [5.74, 6) is -0.156. The SMILES string of the molecule is CCCn1c(N)c(N=O)c(=O)n(CC)c1=O. The summed E-state index contributed by atoms with van der Waals surface area (Å²) in [5, 5.41) is 2.59. The van der Waals surface area contributed by atoms with Crippen molar-refractivity contribution >= 4 is 11.5 Å². The van der Waals surface area contributed by atoms with Gasteiger partial charge in [-0.15, -0.1) is 4.91 Å². The van der Waals surface area contributed by atoms with Crippen molar-refractivity contribution in [1.82, 2.24) is 9.13 Å². The molecule has 0 fully saturated rings. The molecule has 0 spiro atoms. The third-order valence-corrected chi connectivity index (χ3v) is 2.30. The normalized spacial score (nSPS) is 10.4.